The molecule has 1 fully saturated rings. The predicted octanol–water partition coefficient (Wildman–Crippen LogP) is 0.626. The van der Waals surface area contributed by atoms with E-state index in [0.29, 0.717) is 0 Å². The van der Waals surface area contributed by atoms with E-state index in [2.05, 4.69) is 5.16 Å². The molecule has 2 atom stereocenters. The minimum atomic E-state index is -0.931. The van der Waals surface area contributed by atoms with Gasteiger partial charge in [-0.2, -0.15) is 0 Å². The van der Waals surface area contributed by atoms with E-state index in [-0.39, 0.29) is 17.7 Å². The minimum Gasteiger partial charge on any atom is -0.477 e. The third-order valence-electron chi connectivity index (χ3n) is 2.31. The highest BCUT2D eigenvalue weighted by molar-refractivity contribution is 6.36. The van der Waals surface area contributed by atoms with E-state index in [1.807, 2.05) is 0 Å². The predicted molar refractivity (Wildman–Crippen MR) is 37.3 cm³/mol. The fraction of sp³-hybridized carbons (Fsp3) is 0.714. The van der Waals surface area contributed by atoms with Crippen LogP contribution in [-0.2, 0) is 9.63 Å². The van der Waals surface area contributed by atoms with Crippen molar-refractivity contribution in [1.29, 1.82) is 0 Å². The standard InChI is InChI=1S/C7H9NO3/c9-7(10)6-4-2-1-3-5(4)11-8-6/h4-5H,1-3H2,(H,9,10)/t4-,5+/m1/s1. The number of fused-ring (bicyclic) bond motifs is 1. The monoisotopic (exact) mass is 155 g/mol. The summed E-state index contributed by atoms with van der Waals surface area (Å²) in [6.45, 7) is 0. The lowest BCUT2D eigenvalue weighted by atomic mass is 10.0. The molecule has 0 aromatic heterocycles. The van der Waals surface area contributed by atoms with Gasteiger partial charge < -0.3 is 9.94 Å². The zero-order valence-corrected chi connectivity index (χ0v) is 5.99. The molecule has 0 saturated heterocycles. The summed E-state index contributed by atoms with van der Waals surface area (Å²) in [4.78, 5) is 15.5. The van der Waals surface area contributed by atoms with Crippen molar-refractivity contribution in [2.45, 2.75) is 25.4 Å². The lowest BCUT2D eigenvalue weighted by molar-refractivity contribution is -0.129. The number of carboxylic acid groups (broad SMARTS) is 1. The fourth-order valence-corrected chi connectivity index (χ4v) is 1.75. The van der Waals surface area contributed by atoms with Gasteiger partial charge in [0.1, 0.15) is 6.10 Å². The average Bonchev–Trinajstić information content (AvgIpc) is 2.41. The molecule has 0 radical (unpaired) electrons. The van der Waals surface area contributed by atoms with Gasteiger partial charge in [0.05, 0.1) is 5.92 Å². The zero-order chi connectivity index (χ0) is 7.84. The van der Waals surface area contributed by atoms with Gasteiger partial charge in [-0.25, -0.2) is 4.79 Å². The molecule has 0 aromatic rings. The van der Waals surface area contributed by atoms with Crippen molar-refractivity contribution in [2.75, 3.05) is 0 Å². The Bertz CT molecular complexity index is 224. The molecule has 0 aromatic carbocycles. The molecule has 1 aliphatic carbocycles. The maximum atomic E-state index is 10.5. The first-order chi connectivity index (χ1) is 5.29. The largest absolute Gasteiger partial charge is 0.477 e. The van der Waals surface area contributed by atoms with E-state index in [4.69, 9.17) is 9.94 Å². The summed E-state index contributed by atoms with van der Waals surface area (Å²) in [5.41, 5.74) is 0.215. The van der Waals surface area contributed by atoms with Crippen molar-refractivity contribution in [2.24, 2.45) is 11.1 Å². The molecule has 2 rings (SSSR count). The summed E-state index contributed by atoms with van der Waals surface area (Å²) in [6, 6.07) is 0. The number of aliphatic carboxylic acids is 1. The second-order valence-corrected chi connectivity index (χ2v) is 2.96. The molecule has 1 saturated carbocycles. The van der Waals surface area contributed by atoms with Gasteiger partial charge in [-0.05, 0) is 19.3 Å². The van der Waals surface area contributed by atoms with Gasteiger partial charge in [-0.3, -0.25) is 0 Å². The Morgan fingerprint density at radius 3 is 3.18 bits per heavy atom. The summed E-state index contributed by atoms with van der Waals surface area (Å²) < 4.78 is 0. The zero-order valence-electron chi connectivity index (χ0n) is 5.99. The maximum Gasteiger partial charge on any atom is 0.354 e. The van der Waals surface area contributed by atoms with Gasteiger partial charge in [0.15, 0.2) is 5.71 Å². The van der Waals surface area contributed by atoms with Gasteiger partial charge in [0.2, 0.25) is 0 Å². The number of carboxylic acids is 1. The van der Waals surface area contributed by atoms with E-state index in [1.165, 1.54) is 0 Å². The van der Waals surface area contributed by atoms with Crippen molar-refractivity contribution in [1.82, 2.24) is 0 Å². The molecule has 60 valence electrons. The van der Waals surface area contributed by atoms with E-state index >= 15 is 0 Å². The van der Waals surface area contributed by atoms with Crippen LogP contribution in [0.25, 0.3) is 0 Å². The Hall–Kier alpha value is -1.06. The first kappa shape index (κ1) is 6.64. The Balaban J connectivity index is 2.18. The number of hydrogen-bond acceptors (Lipinski definition) is 3. The molecule has 1 aliphatic heterocycles. The smallest absolute Gasteiger partial charge is 0.354 e. The number of oxime groups is 1. The third-order valence-corrected chi connectivity index (χ3v) is 2.31. The summed E-state index contributed by atoms with van der Waals surface area (Å²) >= 11 is 0. The van der Waals surface area contributed by atoms with Gasteiger partial charge >= 0.3 is 5.97 Å². The molecule has 0 bridgehead atoms. The van der Waals surface area contributed by atoms with Crippen LogP contribution in [0.4, 0.5) is 0 Å². The number of hydrogen-bond donors (Lipinski definition) is 1. The fourth-order valence-electron chi connectivity index (χ4n) is 1.75. The first-order valence-electron chi connectivity index (χ1n) is 3.76. The lowest BCUT2D eigenvalue weighted by Crippen LogP contribution is -2.23. The van der Waals surface area contributed by atoms with Crippen LogP contribution >= 0.6 is 0 Å². The molecule has 4 heteroatoms. The Morgan fingerprint density at radius 1 is 1.64 bits per heavy atom. The molecule has 1 N–H and O–H groups in total. The van der Waals surface area contributed by atoms with Crippen molar-refractivity contribution < 1.29 is 14.7 Å². The lowest BCUT2D eigenvalue weighted by Gasteiger charge is -2.04. The molecule has 11 heavy (non-hydrogen) atoms. The van der Waals surface area contributed by atoms with Crippen LogP contribution in [0.3, 0.4) is 0 Å². The molecular formula is C7H9NO3. The molecule has 4 nitrogen and oxygen atoms in total. The topological polar surface area (TPSA) is 58.9 Å². The van der Waals surface area contributed by atoms with Gasteiger partial charge in [0, 0.05) is 0 Å². The Kier molecular flexibility index (Phi) is 1.34. The van der Waals surface area contributed by atoms with Crippen LogP contribution in [0.5, 0.6) is 0 Å². The summed E-state index contributed by atoms with van der Waals surface area (Å²) in [5.74, 6) is -0.869. The number of rotatable bonds is 1. The van der Waals surface area contributed by atoms with Crippen molar-refractivity contribution in [3.63, 3.8) is 0 Å². The third kappa shape index (κ3) is 0.895. The normalized spacial score (nSPS) is 34.4. The van der Waals surface area contributed by atoms with Crippen LogP contribution in [0, 0.1) is 5.92 Å². The quantitative estimate of drug-likeness (QED) is 0.604. The highest BCUT2D eigenvalue weighted by Gasteiger charge is 2.41. The summed E-state index contributed by atoms with van der Waals surface area (Å²) in [6.07, 6.45) is 2.98. The van der Waals surface area contributed by atoms with Crippen LogP contribution in [0.2, 0.25) is 0 Å². The second-order valence-electron chi connectivity index (χ2n) is 2.96. The molecule has 0 amide bonds. The van der Waals surface area contributed by atoms with Gasteiger partial charge in [0.25, 0.3) is 0 Å². The molecular weight excluding hydrogens is 146 g/mol. The summed E-state index contributed by atoms with van der Waals surface area (Å²) in [5, 5.41) is 12.2. The van der Waals surface area contributed by atoms with Crippen LogP contribution in [0.1, 0.15) is 19.3 Å². The average molecular weight is 155 g/mol. The SMILES string of the molecule is O=C(O)C1=NO[C@H]2CCC[C@@H]12. The highest BCUT2D eigenvalue weighted by atomic mass is 16.6. The van der Waals surface area contributed by atoms with Crippen molar-refractivity contribution in [3.8, 4) is 0 Å². The molecule has 1 heterocycles. The van der Waals surface area contributed by atoms with E-state index in [0.717, 1.165) is 19.3 Å². The maximum absolute atomic E-state index is 10.5. The summed E-state index contributed by atoms with van der Waals surface area (Å²) in [7, 11) is 0. The Labute approximate surface area is 63.8 Å². The highest BCUT2D eigenvalue weighted by Crippen LogP contribution is 2.33. The van der Waals surface area contributed by atoms with E-state index in [1.54, 1.807) is 0 Å². The van der Waals surface area contributed by atoms with Gasteiger partial charge in [-0.1, -0.05) is 5.16 Å². The van der Waals surface area contributed by atoms with E-state index in [9.17, 15) is 4.79 Å². The van der Waals surface area contributed by atoms with E-state index < -0.39 is 5.97 Å². The van der Waals surface area contributed by atoms with Crippen LogP contribution in [-0.4, -0.2) is 22.9 Å². The van der Waals surface area contributed by atoms with Crippen LogP contribution in [0.15, 0.2) is 5.16 Å². The second kappa shape index (κ2) is 2.22. The van der Waals surface area contributed by atoms with Crippen molar-refractivity contribution in [3.05, 3.63) is 0 Å². The molecule has 0 spiro atoms. The number of carbonyl (C=O) groups is 1. The minimum absolute atomic E-state index is 0.0566. The van der Waals surface area contributed by atoms with Gasteiger partial charge in [-0.15, -0.1) is 0 Å². The number of nitrogens with zero attached hydrogens (tertiary/aromatic N) is 1. The molecule has 0 unspecified atom stereocenters. The van der Waals surface area contributed by atoms with Crippen LogP contribution < -0.4 is 0 Å². The molecule has 2 aliphatic rings. The van der Waals surface area contributed by atoms with Crippen molar-refractivity contribution >= 4 is 11.7 Å². The first-order valence-corrected chi connectivity index (χ1v) is 3.76. The Morgan fingerprint density at radius 2 is 2.45 bits per heavy atom.